The molecule has 4 aromatic rings. The van der Waals surface area contributed by atoms with Gasteiger partial charge in [-0.1, -0.05) is 43.3 Å². The maximum atomic E-state index is 12.8. The van der Waals surface area contributed by atoms with Gasteiger partial charge in [-0.15, -0.1) is 0 Å². The number of aromatic nitrogens is 1. The number of anilines is 3. The van der Waals surface area contributed by atoms with Crippen LogP contribution in [0.2, 0.25) is 0 Å². The molecule has 36 heavy (non-hydrogen) atoms. The number of oxazole rings is 1. The number of para-hydroxylation sites is 1. The van der Waals surface area contributed by atoms with E-state index >= 15 is 0 Å². The Balaban J connectivity index is 1.27. The fraction of sp³-hybridized carbons (Fsp3) is 0.333. The lowest BCUT2D eigenvalue weighted by Crippen LogP contribution is -2.33. The van der Waals surface area contributed by atoms with Crippen LogP contribution in [0.1, 0.15) is 48.4 Å². The van der Waals surface area contributed by atoms with E-state index in [1.165, 1.54) is 5.56 Å². The summed E-state index contributed by atoms with van der Waals surface area (Å²) >= 11 is 0. The zero-order valence-corrected chi connectivity index (χ0v) is 21.2. The summed E-state index contributed by atoms with van der Waals surface area (Å²) in [6.45, 7) is 7.89. The van der Waals surface area contributed by atoms with Crippen LogP contribution in [0.4, 0.5) is 17.4 Å². The standard InChI is InChI=1S/C30H33N3O3/c1-4-30(13-15-35-16-14-30)23-9-11-24(12-10-23)31-27(34)19-22-17-21(3)28-26(18-22)36-29(33-28)32-25-8-6-5-7-20(25)2/h5-12,17-18H,4,13-16,19H2,1-3H3,(H,31,34)(H,32,33). The van der Waals surface area contributed by atoms with E-state index in [1.807, 2.05) is 62.4 Å². The smallest absolute Gasteiger partial charge is 0.300 e. The largest absolute Gasteiger partial charge is 0.423 e. The van der Waals surface area contributed by atoms with Gasteiger partial charge in [0.05, 0.1) is 6.42 Å². The second-order valence-corrected chi connectivity index (χ2v) is 9.77. The van der Waals surface area contributed by atoms with Crippen LogP contribution in [-0.2, 0) is 21.4 Å². The highest BCUT2D eigenvalue weighted by atomic mass is 16.5. The van der Waals surface area contributed by atoms with Crippen molar-refractivity contribution in [3.63, 3.8) is 0 Å². The summed E-state index contributed by atoms with van der Waals surface area (Å²) in [5, 5.41) is 6.29. The molecule has 6 nitrogen and oxygen atoms in total. The highest BCUT2D eigenvalue weighted by Gasteiger charge is 2.32. The number of fused-ring (bicyclic) bond motifs is 1. The van der Waals surface area contributed by atoms with Gasteiger partial charge < -0.3 is 19.8 Å². The van der Waals surface area contributed by atoms with Gasteiger partial charge in [-0.05, 0) is 85.0 Å². The normalized spacial score (nSPS) is 15.1. The summed E-state index contributed by atoms with van der Waals surface area (Å²) in [6.07, 6.45) is 3.44. The van der Waals surface area contributed by atoms with Crippen LogP contribution in [0.3, 0.4) is 0 Å². The minimum Gasteiger partial charge on any atom is -0.423 e. The van der Waals surface area contributed by atoms with Gasteiger partial charge in [-0.3, -0.25) is 4.79 Å². The Morgan fingerprint density at radius 3 is 2.47 bits per heavy atom. The van der Waals surface area contributed by atoms with E-state index in [2.05, 4.69) is 34.7 Å². The van der Waals surface area contributed by atoms with Gasteiger partial charge in [0.1, 0.15) is 5.52 Å². The lowest BCUT2D eigenvalue weighted by molar-refractivity contribution is -0.115. The molecule has 1 amide bonds. The van der Waals surface area contributed by atoms with E-state index in [1.54, 1.807) is 0 Å². The summed E-state index contributed by atoms with van der Waals surface area (Å²) in [5.74, 6) is -0.0597. The summed E-state index contributed by atoms with van der Waals surface area (Å²) < 4.78 is 11.6. The second kappa shape index (κ2) is 10.2. The molecule has 5 rings (SSSR count). The van der Waals surface area contributed by atoms with Crippen molar-refractivity contribution in [2.45, 2.75) is 51.9 Å². The molecule has 186 valence electrons. The van der Waals surface area contributed by atoms with E-state index in [4.69, 9.17) is 9.15 Å². The van der Waals surface area contributed by atoms with Gasteiger partial charge in [0, 0.05) is 24.6 Å². The van der Waals surface area contributed by atoms with Crippen LogP contribution in [-0.4, -0.2) is 24.1 Å². The average molecular weight is 484 g/mol. The van der Waals surface area contributed by atoms with Crippen LogP contribution >= 0.6 is 0 Å². The number of aryl methyl sites for hydroxylation is 2. The fourth-order valence-electron chi connectivity index (χ4n) is 5.16. The molecule has 2 heterocycles. The number of nitrogens with one attached hydrogen (secondary N) is 2. The number of rotatable bonds is 7. The predicted octanol–water partition coefficient (Wildman–Crippen LogP) is 6.83. The van der Waals surface area contributed by atoms with Gasteiger partial charge in [-0.2, -0.15) is 4.98 Å². The van der Waals surface area contributed by atoms with Crippen molar-refractivity contribution in [3.8, 4) is 0 Å². The molecule has 1 aromatic heterocycles. The molecule has 3 aromatic carbocycles. The van der Waals surface area contributed by atoms with Crippen LogP contribution in [0.5, 0.6) is 0 Å². The molecule has 0 unspecified atom stereocenters. The lowest BCUT2D eigenvalue weighted by Gasteiger charge is -2.37. The fourth-order valence-corrected chi connectivity index (χ4v) is 5.16. The number of benzene rings is 3. The van der Waals surface area contributed by atoms with Gasteiger partial charge in [0.15, 0.2) is 5.58 Å². The lowest BCUT2D eigenvalue weighted by atomic mass is 9.72. The number of nitrogens with zero attached hydrogens (tertiary/aromatic N) is 1. The Bertz CT molecular complexity index is 1370. The zero-order chi connectivity index (χ0) is 25.1. The van der Waals surface area contributed by atoms with Crippen molar-refractivity contribution in [2.75, 3.05) is 23.8 Å². The van der Waals surface area contributed by atoms with Gasteiger partial charge in [0.2, 0.25) is 5.91 Å². The molecular weight excluding hydrogens is 450 g/mol. The van der Waals surface area contributed by atoms with Crippen LogP contribution in [0.15, 0.2) is 65.1 Å². The Morgan fingerprint density at radius 1 is 1.00 bits per heavy atom. The Morgan fingerprint density at radius 2 is 1.75 bits per heavy atom. The molecule has 0 radical (unpaired) electrons. The van der Waals surface area contributed by atoms with Crippen molar-refractivity contribution < 1.29 is 13.9 Å². The first kappa shape index (κ1) is 24.1. The van der Waals surface area contributed by atoms with Crippen molar-refractivity contribution in [1.29, 1.82) is 0 Å². The summed E-state index contributed by atoms with van der Waals surface area (Å²) in [4.78, 5) is 17.4. The van der Waals surface area contributed by atoms with Crippen molar-refractivity contribution in [3.05, 3.63) is 82.9 Å². The average Bonchev–Trinajstić information content (AvgIpc) is 3.29. The van der Waals surface area contributed by atoms with Crippen molar-refractivity contribution in [2.24, 2.45) is 0 Å². The number of hydrogen-bond donors (Lipinski definition) is 2. The maximum absolute atomic E-state index is 12.8. The Hall–Kier alpha value is -3.64. The van der Waals surface area contributed by atoms with Gasteiger partial charge >= 0.3 is 0 Å². The highest BCUT2D eigenvalue weighted by Crippen LogP contribution is 2.38. The third-order valence-electron chi connectivity index (χ3n) is 7.40. The second-order valence-electron chi connectivity index (χ2n) is 9.77. The first-order valence-electron chi connectivity index (χ1n) is 12.7. The molecule has 2 N–H and O–H groups in total. The van der Waals surface area contributed by atoms with Crippen LogP contribution < -0.4 is 10.6 Å². The Kier molecular flexibility index (Phi) is 6.79. The SMILES string of the molecule is CCC1(c2ccc(NC(=O)Cc3cc(C)c4nc(Nc5ccccc5C)oc4c3)cc2)CCOCC1. The first-order valence-corrected chi connectivity index (χ1v) is 12.7. The zero-order valence-electron chi connectivity index (χ0n) is 21.2. The van der Waals surface area contributed by atoms with Crippen LogP contribution in [0.25, 0.3) is 11.1 Å². The maximum Gasteiger partial charge on any atom is 0.300 e. The number of ether oxygens (including phenoxy) is 1. The summed E-state index contributed by atoms with van der Waals surface area (Å²) in [5.41, 5.74) is 7.70. The summed E-state index contributed by atoms with van der Waals surface area (Å²) in [6, 6.07) is 20.7. The molecule has 0 saturated carbocycles. The third-order valence-corrected chi connectivity index (χ3v) is 7.40. The summed E-state index contributed by atoms with van der Waals surface area (Å²) in [7, 11) is 0. The van der Waals surface area contributed by atoms with E-state index in [0.717, 1.165) is 66.1 Å². The molecule has 0 atom stereocenters. The topological polar surface area (TPSA) is 76.4 Å². The van der Waals surface area contributed by atoms with E-state index in [-0.39, 0.29) is 17.7 Å². The van der Waals surface area contributed by atoms with E-state index < -0.39 is 0 Å². The predicted molar refractivity (Wildman–Crippen MR) is 144 cm³/mol. The van der Waals surface area contributed by atoms with E-state index in [0.29, 0.717) is 11.6 Å². The molecule has 1 fully saturated rings. The quantitative estimate of drug-likeness (QED) is 0.301. The van der Waals surface area contributed by atoms with E-state index in [9.17, 15) is 4.79 Å². The monoisotopic (exact) mass is 483 g/mol. The molecule has 1 aliphatic heterocycles. The number of hydrogen-bond acceptors (Lipinski definition) is 5. The minimum absolute atomic E-state index is 0.0597. The van der Waals surface area contributed by atoms with Crippen molar-refractivity contribution in [1.82, 2.24) is 4.98 Å². The Labute approximate surface area is 212 Å². The molecular formula is C30H33N3O3. The molecule has 1 aliphatic rings. The molecule has 0 bridgehead atoms. The number of amides is 1. The third kappa shape index (κ3) is 5.00. The molecule has 0 aliphatic carbocycles. The van der Waals surface area contributed by atoms with Gasteiger partial charge in [-0.25, -0.2) is 0 Å². The van der Waals surface area contributed by atoms with Gasteiger partial charge in [0.25, 0.3) is 6.01 Å². The number of carbonyl (C=O) groups excluding carboxylic acids is 1. The number of carbonyl (C=O) groups is 1. The van der Waals surface area contributed by atoms with Crippen LogP contribution in [0, 0.1) is 13.8 Å². The minimum atomic E-state index is -0.0597. The molecule has 0 spiro atoms. The molecule has 1 saturated heterocycles. The highest BCUT2D eigenvalue weighted by molar-refractivity contribution is 5.93. The first-order chi connectivity index (χ1) is 17.5. The molecule has 6 heteroatoms. The van der Waals surface area contributed by atoms with Crippen molar-refractivity contribution >= 4 is 34.4 Å².